The summed E-state index contributed by atoms with van der Waals surface area (Å²) < 4.78 is 0. The Labute approximate surface area is 149 Å². The number of piperidine rings is 1. The molecule has 5 nitrogen and oxygen atoms in total. The van der Waals surface area contributed by atoms with E-state index in [1.165, 1.54) is 5.56 Å². The van der Waals surface area contributed by atoms with Crippen LogP contribution in [0.5, 0.6) is 0 Å². The molecule has 0 amide bonds. The van der Waals surface area contributed by atoms with E-state index < -0.39 is 0 Å². The number of nitrogens with zero attached hydrogens (tertiary/aromatic N) is 3. The molecule has 0 aromatic heterocycles. The van der Waals surface area contributed by atoms with Gasteiger partial charge in [-0.15, -0.1) is 0 Å². The van der Waals surface area contributed by atoms with Gasteiger partial charge in [0, 0.05) is 25.3 Å². The highest BCUT2D eigenvalue weighted by Crippen LogP contribution is 2.16. The largest absolute Gasteiger partial charge is 0.368 e. The van der Waals surface area contributed by atoms with Crippen molar-refractivity contribution in [2.45, 2.75) is 25.4 Å². The molecule has 2 aromatic rings. The van der Waals surface area contributed by atoms with Crippen LogP contribution in [0.15, 0.2) is 70.6 Å². The second-order valence-electron chi connectivity index (χ2n) is 6.25. The van der Waals surface area contributed by atoms with Gasteiger partial charge >= 0.3 is 0 Å². The van der Waals surface area contributed by atoms with Gasteiger partial charge in [0.25, 0.3) is 0 Å². The Morgan fingerprint density at radius 3 is 2.36 bits per heavy atom. The SMILES string of the molecule is NC(N=CNc1ccccc1)=NC1CCN(Cc2ccccc2)CC1. The molecule has 3 N–H and O–H groups in total. The number of aliphatic imine (C=N–C) groups is 2. The molecular weight excluding hydrogens is 310 g/mol. The van der Waals surface area contributed by atoms with E-state index in [2.05, 4.69) is 50.5 Å². The van der Waals surface area contributed by atoms with Crippen molar-refractivity contribution in [2.24, 2.45) is 15.7 Å². The van der Waals surface area contributed by atoms with E-state index in [1.54, 1.807) is 6.34 Å². The van der Waals surface area contributed by atoms with Crippen LogP contribution in [0.1, 0.15) is 18.4 Å². The zero-order chi connectivity index (χ0) is 17.3. The lowest BCUT2D eigenvalue weighted by Gasteiger charge is -2.30. The number of para-hydroxylation sites is 1. The molecule has 0 unspecified atom stereocenters. The normalized spacial score (nSPS) is 17.0. The molecule has 5 heteroatoms. The smallest absolute Gasteiger partial charge is 0.216 e. The van der Waals surface area contributed by atoms with Crippen LogP contribution in [0.3, 0.4) is 0 Å². The van der Waals surface area contributed by atoms with Crippen molar-refractivity contribution >= 4 is 18.0 Å². The van der Waals surface area contributed by atoms with Crippen LogP contribution < -0.4 is 11.1 Å². The zero-order valence-corrected chi connectivity index (χ0v) is 14.4. The summed E-state index contributed by atoms with van der Waals surface area (Å²) in [6, 6.07) is 20.7. The van der Waals surface area contributed by atoms with E-state index in [1.807, 2.05) is 30.3 Å². The van der Waals surface area contributed by atoms with E-state index in [9.17, 15) is 0 Å². The molecule has 1 aliphatic heterocycles. The number of benzene rings is 2. The van der Waals surface area contributed by atoms with Gasteiger partial charge in [-0.25, -0.2) is 9.98 Å². The Morgan fingerprint density at radius 2 is 1.68 bits per heavy atom. The van der Waals surface area contributed by atoms with Crippen molar-refractivity contribution in [3.8, 4) is 0 Å². The average Bonchev–Trinajstić information content (AvgIpc) is 2.65. The first-order chi connectivity index (χ1) is 12.3. The van der Waals surface area contributed by atoms with E-state index in [0.717, 1.165) is 38.2 Å². The molecule has 3 rings (SSSR count). The van der Waals surface area contributed by atoms with Crippen molar-refractivity contribution < 1.29 is 0 Å². The van der Waals surface area contributed by atoms with Crippen LogP contribution >= 0.6 is 0 Å². The molecule has 0 saturated carbocycles. The molecule has 0 atom stereocenters. The van der Waals surface area contributed by atoms with Crippen LogP contribution in [0, 0.1) is 0 Å². The summed E-state index contributed by atoms with van der Waals surface area (Å²) in [6.45, 7) is 3.09. The number of rotatable bonds is 5. The van der Waals surface area contributed by atoms with Gasteiger partial charge < -0.3 is 11.1 Å². The summed E-state index contributed by atoms with van der Waals surface area (Å²) in [5, 5.41) is 3.09. The van der Waals surface area contributed by atoms with E-state index >= 15 is 0 Å². The van der Waals surface area contributed by atoms with Crippen LogP contribution in [-0.4, -0.2) is 36.3 Å². The molecule has 0 bridgehead atoms. The highest BCUT2D eigenvalue weighted by Gasteiger charge is 2.18. The first-order valence-electron chi connectivity index (χ1n) is 8.73. The Kier molecular flexibility index (Phi) is 6.17. The Bertz CT molecular complexity index is 689. The van der Waals surface area contributed by atoms with Gasteiger partial charge in [0.15, 0.2) is 0 Å². The first kappa shape index (κ1) is 17.2. The summed E-state index contributed by atoms with van der Waals surface area (Å²) in [5.74, 6) is 0.338. The number of guanidine groups is 1. The molecule has 1 fully saturated rings. The maximum absolute atomic E-state index is 5.93. The van der Waals surface area contributed by atoms with Crippen LogP contribution in [0.2, 0.25) is 0 Å². The third-order valence-electron chi connectivity index (χ3n) is 4.32. The number of likely N-dealkylation sites (tertiary alicyclic amines) is 1. The predicted molar refractivity (Wildman–Crippen MR) is 105 cm³/mol. The summed E-state index contributed by atoms with van der Waals surface area (Å²) in [7, 11) is 0. The minimum Gasteiger partial charge on any atom is -0.368 e. The van der Waals surface area contributed by atoms with Crippen LogP contribution in [-0.2, 0) is 6.54 Å². The standard InChI is InChI=1S/C20H25N5/c21-20(23-16-22-18-9-5-2-6-10-18)24-19-11-13-25(14-12-19)15-17-7-3-1-4-8-17/h1-10,16,19H,11-15H2,(H3,21,22,23,24). The number of nitrogens with one attached hydrogen (secondary N) is 1. The highest BCUT2D eigenvalue weighted by atomic mass is 15.1. The number of hydrogen-bond donors (Lipinski definition) is 2. The van der Waals surface area contributed by atoms with Crippen LogP contribution in [0.25, 0.3) is 0 Å². The topological polar surface area (TPSA) is 66.0 Å². The molecule has 0 aliphatic carbocycles. The molecule has 0 radical (unpaired) electrons. The second-order valence-corrected chi connectivity index (χ2v) is 6.25. The summed E-state index contributed by atoms with van der Waals surface area (Å²) >= 11 is 0. The number of anilines is 1. The molecule has 1 aliphatic rings. The number of hydrogen-bond acceptors (Lipinski definition) is 2. The third kappa shape index (κ3) is 5.72. The molecular formula is C20H25N5. The predicted octanol–water partition coefficient (Wildman–Crippen LogP) is 3.11. The van der Waals surface area contributed by atoms with Gasteiger partial charge in [-0.1, -0.05) is 48.5 Å². The van der Waals surface area contributed by atoms with Gasteiger partial charge in [-0.05, 0) is 30.5 Å². The lowest BCUT2D eigenvalue weighted by atomic mass is 10.0. The van der Waals surface area contributed by atoms with Gasteiger partial charge in [-0.3, -0.25) is 4.90 Å². The zero-order valence-electron chi connectivity index (χ0n) is 14.4. The monoisotopic (exact) mass is 335 g/mol. The maximum atomic E-state index is 5.93. The Morgan fingerprint density at radius 1 is 1.04 bits per heavy atom. The van der Waals surface area contributed by atoms with Gasteiger partial charge in [0.1, 0.15) is 0 Å². The van der Waals surface area contributed by atoms with E-state index in [0.29, 0.717) is 5.96 Å². The summed E-state index contributed by atoms with van der Waals surface area (Å²) in [6.07, 6.45) is 3.64. The van der Waals surface area contributed by atoms with Crippen molar-refractivity contribution in [1.29, 1.82) is 0 Å². The molecule has 1 heterocycles. The first-order valence-corrected chi connectivity index (χ1v) is 8.73. The molecule has 25 heavy (non-hydrogen) atoms. The third-order valence-corrected chi connectivity index (χ3v) is 4.32. The minimum absolute atomic E-state index is 0.265. The van der Waals surface area contributed by atoms with Gasteiger partial charge in [-0.2, -0.15) is 0 Å². The van der Waals surface area contributed by atoms with E-state index in [4.69, 9.17) is 5.73 Å². The van der Waals surface area contributed by atoms with Crippen molar-refractivity contribution in [1.82, 2.24) is 4.90 Å². The quantitative estimate of drug-likeness (QED) is 0.652. The minimum atomic E-state index is 0.265. The molecule has 1 saturated heterocycles. The van der Waals surface area contributed by atoms with E-state index in [-0.39, 0.29) is 6.04 Å². The van der Waals surface area contributed by atoms with Crippen molar-refractivity contribution in [2.75, 3.05) is 18.4 Å². The number of nitrogens with two attached hydrogens (primary N) is 1. The second kappa shape index (κ2) is 8.99. The Hall–Kier alpha value is -2.66. The van der Waals surface area contributed by atoms with Crippen molar-refractivity contribution in [3.63, 3.8) is 0 Å². The van der Waals surface area contributed by atoms with Gasteiger partial charge in [0.2, 0.25) is 5.96 Å². The maximum Gasteiger partial charge on any atom is 0.216 e. The lowest BCUT2D eigenvalue weighted by Crippen LogP contribution is -2.35. The van der Waals surface area contributed by atoms with Crippen LogP contribution in [0.4, 0.5) is 5.69 Å². The fourth-order valence-corrected chi connectivity index (χ4v) is 2.98. The van der Waals surface area contributed by atoms with Crippen molar-refractivity contribution in [3.05, 3.63) is 66.2 Å². The Balaban J connectivity index is 1.43. The molecule has 0 spiro atoms. The fraction of sp³-hybridized carbons (Fsp3) is 0.300. The summed E-state index contributed by atoms with van der Waals surface area (Å²) in [5.41, 5.74) is 8.27. The van der Waals surface area contributed by atoms with Gasteiger partial charge in [0.05, 0.1) is 12.4 Å². The summed E-state index contributed by atoms with van der Waals surface area (Å²) in [4.78, 5) is 11.2. The average molecular weight is 335 g/mol. The molecule has 130 valence electrons. The fourth-order valence-electron chi connectivity index (χ4n) is 2.98. The molecule has 2 aromatic carbocycles. The lowest BCUT2D eigenvalue weighted by molar-refractivity contribution is 0.206. The highest BCUT2D eigenvalue weighted by molar-refractivity contribution is 5.90.